The second-order valence-corrected chi connectivity index (χ2v) is 10.1. The van der Waals surface area contributed by atoms with Gasteiger partial charge < -0.3 is 20.2 Å². The van der Waals surface area contributed by atoms with Gasteiger partial charge in [0.05, 0.1) is 10.7 Å². The number of ether oxygens (including phenoxy) is 1. The second-order valence-electron chi connectivity index (χ2n) is 8.33. The molecule has 0 fully saturated rings. The predicted octanol–water partition coefficient (Wildman–Crippen LogP) is 7.81. The Morgan fingerprint density at radius 2 is 1.80 bits per heavy atom. The van der Waals surface area contributed by atoms with Crippen molar-refractivity contribution < 1.29 is 31.9 Å². The van der Waals surface area contributed by atoms with Gasteiger partial charge in [-0.2, -0.15) is 13.2 Å². The van der Waals surface area contributed by atoms with E-state index in [4.69, 9.17) is 38.1 Å². The SMILES string of the molecule is NC(=O)c1sc2nc(C(F)(F)F)cc(-c3ccccc3)c2c1NC(=O)c1ccc(COc2cccc(Cl)c2Cl)o1. The Labute approximate surface area is 238 Å². The number of pyridine rings is 1. The number of furan rings is 1. The van der Waals surface area contributed by atoms with Crippen molar-refractivity contribution in [2.24, 2.45) is 5.73 Å². The third kappa shape index (κ3) is 5.48. The van der Waals surface area contributed by atoms with Gasteiger partial charge in [0, 0.05) is 5.39 Å². The number of alkyl halides is 3. The molecule has 0 aliphatic rings. The molecule has 0 bridgehead atoms. The summed E-state index contributed by atoms with van der Waals surface area (Å²) in [7, 11) is 0. The van der Waals surface area contributed by atoms with Gasteiger partial charge in [-0.15, -0.1) is 11.3 Å². The number of halogens is 5. The summed E-state index contributed by atoms with van der Waals surface area (Å²) in [6.07, 6.45) is -4.75. The van der Waals surface area contributed by atoms with Crippen LogP contribution < -0.4 is 15.8 Å². The molecule has 0 spiro atoms. The Bertz CT molecular complexity index is 1750. The van der Waals surface area contributed by atoms with E-state index < -0.39 is 23.7 Å². The van der Waals surface area contributed by atoms with E-state index in [0.29, 0.717) is 27.7 Å². The highest BCUT2D eigenvalue weighted by Gasteiger charge is 2.35. The standard InChI is InChI=1S/C27H16Cl2F3N3O4S/c28-16-7-4-8-17(21(16)29)38-12-14-9-10-18(39-14)25(37)35-22-20-15(13-5-2-1-3-6-13)11-19(27(30,31)32)34-26(20)40-23(22)24(33)36/h1-11H,12H2,(H2,33,36)(H,35,37). The highest BCUT2D eigenvalue weighted by atomic mass is 35.5. The van der Waals surface area contributed by atoms with Gasteiger partial charge >= 0.3 is 6.18 Å². The van der Waals surface area contributed by atoms with E-state index in [2.05, 4.69) is 10.3 Å². The van der Waals surface area contributed by atoms with Gasteiger partial charge in [-0.05, 0) is 41.5 Å². The molecule has 0 aliphatic carbocycles. The topological polar surface area (TPSA) is 107 Å². The van der Waals surface area contributed by atoms with Gasteiger partial charge in [-0.3, -0.25) is 9.59 Å². The fraction of sp³-hybridized carbons (Fsp3) is 0.0741. The molecule has 3 heterocycles. The van der Waals surface area contributed by atoms with Gasteiger partial charge in [0.25, 0.3) is 11.8 Å². The molecule has 2 amide bonds. The number of primary amides is 1. The Hall–Kier alpha value is -4.06. The molecular weight excluding hydrogens is 590 g/mol. The molecule has 3 aromatic heterocycles. The number of hydrogen-bond donors (Lipinski definition) is 2. The number of anilines is 1. The number of nitrogens with one attached hydrogen (secondary N) is 1. The van der Waals surface area contributed by atoms with Gasteiger partial charge in [0.2, 0.25) is 0 Å². The van der Waals surface area contributed by atoms with Gasteiger partial charge in [-0.1, -0.05) is 59.6 Å². The highest BCUT2D eigenvalue weighted by Crippen LogP contribution is 2.43. The van der Waals surface area contributed by atoms with Crippen LogP contribution in [0.4, 0.5) is 18.9 Å². The summed E-state index contributed by atoms with van der Waals surface area (Å²) < 4.78 is 52.2. The van der Waals surface area contributed by atoms with Crippen molar-refractivity contribution in [1.82, 2.24) is 4.98 Å². The molecule has 0 aliphatic heterocycles. The molecule has 7 nitrogen and oxygen atoms in total. The van der Waals surface area contributed by atoms with Crippen LogP contribution in [0.1, 0.15) is 31.7 Å². The number of amides is 2. The first-order valence-corrected chi connectivity index (χ1v) is 13.0. The second kappa shape index (κ2) is 10.8. The summed E-state index contributed by atoms with van der Waals surface area (Å²) >= 11 is 12.8. The smallest absolute Gasteiger partial charge is 0.433 e. The average Bonchev–Trinajstić information content (AvgIpc) is 3.54. The fourth-order valence-electron chi connectivity index (χ4n) is 3.88. The van der Waals surface area contributed by atoms with E-state index >= 15 is 0 Å². The number of aromatic nitrogens is 1. The van der Waals surface area contributed by atoms with Crippen molar-refractivity contribution in [2.75, 3.05) is 5.32 Å². The molecule has 0 unspecified atom stereocenters. The molecule has 0 atom stereocenters. The van der Waals surface area contributed by atoms with E-state index in [1.54, 1.807) is 48.5 Å². The number of hydrogen-bond acceptors (Lipinski definition) is 6. The van der Waals surface area contributed by atoms with E-state index in [0.717, 1.165) is 6.07 Å². The van der Waals surface area contributed by atoms with Crippen molar-refractivity contribution in [3.63, 3.8) is 0 Å². The minimum atomic E-state index is -4.75. The summed E-state index contributed by atoms with van der Waals surface area (Å²) in [4.78, 5) is 28.9. The summed E-state index contributed by atoms with van der Waals surface area (Å²) in [6, 6.07) is 16.8. The van der Waals surface area contributed by atoms with Crippen molar-refractivity contribution in [3.05, 3.63) is 98.9 Å². The molecule has 204 valence electrons. The van der Waals surface area contributed by atoms with Crippen LogP contribution in [0.15, 0.2) is 71.1 Å². The van der Waals surface area contributed by atoms with Crippen LogP contribution in [0, 0.1) is 0 Å². The van der Waals surface area contributed by atoms with Crippen LogP contribution in [0.3, 0.4) is 0 Å². The van der Waals surface area contributed by atoms with Crippen molar-refractivity contribution in [1.29, 1.82) is 0 Å². The number of rotatable bonds is 7. The summed E-state index contributed by atoms with van der Waals surface area (Å²) in [5.41, 5.74) is 4.85. The summed E-state index contributed by atoms with van der Waals surface area (Å²) in [6.45, 7) is -0.0798. The average molecular weight is 606 g/mol. The van der Waals surface area contributed by atoms with E-state index in [1.165, 1.54) is 12.1 Å². The summed E-state index contributed by atoms with van der Waals surface area (Å²) in [5.74, 6) is -1.28. The Balaban J connectivity index is 1.50. The molecule has 2 aromatic carbocycles. The molecule has 0 radical (unpaired) electrons. The molecule has 0 saturated carbocycles. The lowest BCUT2D eigenvalue weighted by atomic mass is 10.0. The maximum atomic E-state index is 13.7. The number of carbonyl (C=O) groups is 2. The molecule has 3 N–H and O–H groups in total. The third-order valence-electron chi connectivity index (χ3n) is 5.67. The number of thiophene rings is 1. The Morgan fingerprint density at radius 3 is 2.50 bits per heavy atom. The van der Waals surface area contributed by atoms with Crippen LogP contribution in [0.5, 0.6) is 5.75 Å². The zero-order valence-electron chi connectivity index (χ0n) is 20.0. The maximum absolute atomic E-state index is 13.7. The van der Waals surface area contributed by atoms with Gasteiger partial charge in [0.1, 0.15) is 38.5 Å². The van der Waals surface area contributed by atoms with E-state index in [1.807, 2.05) is 0 Å². The van der Waals surface area contributed by atoms with Gasteiger partial charge in [-0.25, -0.2) is 4.98 Å². The lowest BCUT2D eigenvalue weighted by Gasteiger charge is -2.12. The molecule has 5 aromatic rings. The molecule has 40 heavy (non-hydrogen) atoms. The lowest BCUT2D eigenvalue weighted by molar-refractivity contribution is -0.140. The molecule has 0 saturated heterocycles. The molecule has 5 rings (SSSR count). The largest absolute Gasteiger partial charge is 0.484 e. The fourth-order valence-corrected chi connectivity index (χ4v) is 5.23. The molecule has 13 heteroatoms. The highest BCUT2D eigenvalue weighted by molar-refractivity contribution is 7.21. The number of fused-ring (bicyclic) bond motifs is 1. The number of nitrogens with two attached hydrogens (primary N) is 1. The first-order chi connectivity index (χ1) is 19.0. The number of nitrogens with zero attached hydrogens (tertiary/aromatic N) is 1. The number of benzene rings is 2. The minimum absolute atomic E-state index is 0.0718. The van der Waals surface area contributed by atoms with Crippen LogP contribution in [-0.4, -0.2) is 16.8 Å². The minimum Gasteiger partial charge on any atom is -0.484 e. The maximum Gasteiger partial charge on any atom is 0.433 e. The third-order valence-corrected chi connectivity index (χ3v) is 7.57. The zero-order chi connectivity index (χ0) is 28.6. The van der Waals surface area contributed by atoms with Gasteiger partial charge in [0.15, 0.2) is 5.76 Å². The van der Waals surface area contributed by atoms with Crippen LogP contribution in [0.25, 0.3) is 21.3 Å². The van der Waals surface area contributed by atoms with Crippen LogP contribution in [0.2, 0.25) is 10.0 Å². The van der Waals surface area contributed by atoms with Crippen molar-refractivity contribution >= 4 is 62.3 Å². The van der Waals surface area contributed by atoms with Crippen molar-refractivity contribution in [2.45, 2.75) is 12.8 Å². The first-order valence-electron chi connectivity index (χ1n) is 11.4. The normalized spacial score (nSPS) is 11.5. The van der Waals surface area contributed by atoms with E-state index in [9.17, 15) is 22.8 Å². The monoisotopic (exact) mass is 605 g/mol. The molecular formula is C27H16Cl2F3N3O4S. The van der Waals surface area contributed by atoms with E-state index in [-0.39, 0.29) is 49.5 Å². The summed E-state index contributed by atoms with van der Waals surface area (Å²) in [5, 5.41) is 3.24. The first kappa shape index (κ1) is 27.5. The van der Waals surface area contributed by atoms with Crippen LogP contribution >= 0.6 is 34.5 Å². The Kier molecular flexibility index (Phi) is 7.45. The van der Waals surface area contributed by atoms with Crippen molar-refractivity contribution in [3.8, 4) is 16.9 Å². The number of carbonyl (C=O) groups excluding carboxylic acids is 2. The predicted molar refractivity (Wildman–Crippen MR) is 146 cm³/mol. The van der Waals surface area contributed by atoms with Crippen LogP contribution in [-0.2, 0) is 12.8 Å². The zero-order valence-corrected chi connectivity index (χ0v) is 22.3. The quantitative estimate of drug-likeness (QED) is 0.197. The lowest BCUT2D eigenvalue weighted by Crippen LogP contribution is -2.16. The Morgan fingerprint density at radius 1 is 1.05 bits per heavy atom.